The van der Waals surface area contributed by atoms with Gasteiger partial charge in [0, 0.05) is 11.3 Å². The van der Waals surface area contributed by atoms with Crippen molar-refractivity contribution in [2.45, 2.75) is 0 Å². The molecule has 0 unspecified atom stereocenters. The van der Waals surface area contributed by atoms with Gasteiger partial charge in [-0.3, -0.25) is 4.79 Å². The van der Waals surface area contributed by atoms with Gasteiger partial charge in [0.2, 0.25) is 0 Å². The van der Waals surface area contributed by atoms with Gasteiger partial charge in [0.25, 0.3) is 5.91 Å². The van der Waals surface area contributed by atoms with E-state index in [1.54, 1.807) is 18.2 Å². The third-order valence-corrected chi connectivity index (χ3v) is 3.94. The number of carbonyl (C=O) groups excluding carboxylic acids is 1. The minimum Gasteiger partial charge on any atom is -0.494 e. The van der Waals surface area contributed by atoms with Crippen LogP contribution in [0.15, 0.2) is 30.3 Å². The number of carbonyl (C=O) groups is 1. The molecule has 0 fully saturated rings. The summed E-state index contributed by atoms with van der Waals surface area (Å²) in [6, 6.07) is 7.72. The summed E-state index contributed by atoms with van der Waals surface area (Å²) in [6.07, 6.45) is 0. The first-order valence-corrected chi connectivity index (χ1v) is 7.23. The number of ether oxygens (including phenoxy) is 1. The van der Waals surface area contributed by atoms with Gasteiger partial charge in [0.15, 0.2) is 5.75 Å². The smallest absolute Gasteiger partial charge is 0.255 e. The molecule has 0 aliphatic carbocycles. The standard InChI is InChI=1S/C14H9Cl4NO2/c1-21-13-11(17)4-7(5-12(13)18)14(20)19-8-2-3-9(15)10(16)6-8/h2-6H,1H3,(H,19,20). The van der Waals surface area contributed by atoms with Crippen molar-refractivity contribution in [3.8, 4) is 5.75 Å². The van der Waals surface area contributed by atoms with Gasteiger partial charge in [-0.15, -0.1) is 0 Å². The van der Waals surface area contributed by atoms with Crippen LogP contribution in [0.3, 0.4) is 0 Å². The van der Waals surface area contributed by atoms with Gasteiger partial charge in [-0.25, -0.2) is 0 Å². The summed E-state index contributed by atoms with van der Waals surface area (Å²) in [5.74, 6) is -0.0516. The number of hydrogen-bond acceptors (Lipinski definition) is 2. The molecule has 7 heteroatoms. The minimum absolute atomic E-state index is 0.254. The fraction of sp³-hybridized carbons (Fsp3) is 0.0714. The van der Waals surface area contributed by atoms with Crippen LogP contribution in [0.2, 0.25) is 20.1 Å². The summed E-state index contributed by atoms with van der Waals surface area (Å²) in [5.41, 5.74) is 0.814. The van der Waals surface area contributed by atoms with E-state index in [2.05, 4.69) is 5.32 Å². The van der Waals surface area contributed by atoms with E-state index in [1.165, 1.54) is 19.2 Å². The molecule has 110 valence electrons. The van der Waals surface area contributed by atoms with Crippen LogP contribution in [0.5, 0.6) is 5.75 Å². The highest BCUT2D eigenvalue weighted by molar-refractivity contribution is 6.42. The second-order valence-corrected chi connectivity index (χ2v) is 5.68. The van der Waals surface area contributed by atoms with E-state index in [0.717, 1.165) is 0 Å². The average Bonchev–Trinajstić information content (AvgIpc) is 2.42. The highest BCUT2D eigenvalue weighted by Gasteiger charge is 2.14. The van der Waals surface area contributed by atoms with Crippen LogP contribution in [0.1, 0.15) is 10.4 Å². The lowest BCUT2D eigenvalue weighted by Crippen LogP contribution is -2.12. The molecule has 2 aromatic carbocycles. The number of methoxy groups -OCH3 is 1. The maximum absolute atomic E-state index is 12.2. The SMILES string of the molecule is COc1c(Cl)cc(C(=O)Nc2ccc(Cl)c(Cl)c2)cc1Cl. The molecule has 0 aromatic heterocycles. The van der Waals surface area contributed by atoms with Crippen LogP contribution < -0.4 is 10.1 Å². The molecule has 0 radical (unpaired) electrons. The predicted molar refractivity (Wildman–Crippen MR) is 87.4 cm³/mol. The quantitative estimate of drug-likeness (QED) is 0.773. The van der Waals surface area contributed by atoms with Gasteiger partial charge in [-0.2, -0.15) is 0 Å². The molecule has 1 N–H and O–H groups in total. The Morgan fingerprint density at radius 3 is 2.10 bits per heavy atom. The van der Waals surface area contributed by atoms with E-state index in [4.69, 9.17) is 51.1 Å². The van der Waals surface area contributed by atoms with Crippen LogP contribution in [0.4, 0.5) is 5.69 Å². The molecule has 0 heterocycles. The molecule has 1 amide bonds. The van der Waals surface area contributed by atoms with Gasteiger partial charge < -0.3 is 10.1 Å². The second-order valence-electron chi connectivity index (χ2n) is 4.06. The van der Waals surface area contributed by atoms with Gasteiger partial charge in [-0.1, -0.05) is 46.4 Å². The fourth-order valence-electron chi connectivity index (χ4n) is 1.66. The van der Waals surface area contributed by atoms with Crippen LogP contribution in [-0.4, -0.2) is 13.0 Å². The maximum atomic E-state index is 12.2. The summed E-state index contributed by atoms with van der Waals surface area (Å²) in [4.78, 5) is 12.2. The number of benzene rings is 2. The van der Waals surface area contributed by atoms with Gasteiger partial charge >= 0.3 is 0 Å². The molecule has 21 heavy (non-hydrogen) atoms. The summed E-state index contributed by atoms with van der Waals surface area (Å²) in [5, 5.41) is 3.94. The first-order chi connectivity index (χ1) is 9.92. The lowest BCUT2D eigenvalue weighted by molar-refractivity contribution is 0.102. The number of rotatable bonds is 3. The van der Waals surface area contributed by atoms with E-state index in [1.807, 2.05) is 0 Å². The van der Waals surface area contributed by atoms with Crippen LogP contribution in [0, 0.1) is 0 Å². The lowest BCUT2D eigenvalue weighted by atomic mass is 10.2. The first kappa shape index (κ1) is 16.2. The Kier molecular flexibility index (Phi) is 5.22. The van der Waals surface area contributed by atoms with Gasteiger partial charge in [-0.05, 0) is 30.3 Å². The molecule has 2 aromatic rings. The monoisotopic (exact) mass is 363 g/mol. The molecular weight excluding hydrogens is 356 g/mol. The Hall–Kier alpha value is -1.13. The summed E-state index contributed by atoms with van der Waals surface area (Å²) in [7, 11) is 1.45. The number of anilines is 1. The van der Waals surface area contributed by atoms with Crippen LogP contribution >= 0.6 is 46.4 Å². The third kappa shape index (κ3) is 3.74. The molecule has 3 nitrogen and oxygen atoms in total. The van der Waals surface area contributed by atoms with Gasteiger partial charge in [0.05, 0.1) is 27.2 Å². The maximum Gasteiger partial charge on any atom is 0.255 e. The molecule has 0 atom stereocenters. The second kappa shape index (κ2) is 6.75. The number of amides is 1. The fourth-order valence-corrected chi connectivity index (χ4v) is 2.60. The molecule has 0 aliphatic rings. The Balaban J connectivity index is 2.26. The van der Waals surface area contributed by atoms with Crippen molar-refractivity contribution in [2.75, 3.05) is 12.4 Å². The van der Waals surface area contributed by atoms with Crippen molar-refractivity contribution < 1.29 is 9.53 Å². The van der Waals surface area contributed by atoms with Crippen molar-refractivity contribution >= 4 is 58.0 Å². The van der Waals surface area contributed by atoms with Crippen molar-refractivity contribution in [3.05, 3.63) is 56.0 Å². The van der Waals surface area contributed by atoms with E-state index in [9.17, 15) is 4.79 Å². The topological polar surface area (TPSA) is 38.3 Å². The van der Waals surface area contributed by atoms with Crippen molar-refractivity contribution in [1.82, 2.24) is 0 Å². The molecule has 0 bridgehead atoms. The molecule has 0 saturated carbocycles. The number of halogens is 4. The number of nitrogens with one attached hydrogen (secondary N) is 1. The van der Waals surface area contributed by atoms with Crippen molar-refractivity contribution in [1.29, 1.82) is 0 Å². The molecule has 0 aliphatic heterocycles. The molecule has 2 rings (SSSR count). The van der Waals surface area contributed by atoms with Gasteiger partial charge in [0.1, 0.15) is 0 Å². The molecule has 0 spiro atoms. The minimum atomic E-state index is -0.375. The first-order valence-electron chi connectivity index (χ1n) is 5.72. The van der Waals surface area contributed by atoms with E-state index >= 15 is 0 Å². The Labute approximate surface area is 141 Å². The summed E-state index contributed by atoms with van der Waals surface area (Å²) in [6.45, 7) is 0. The van der Waals surface area contributed by atoms with E-state index in [0.29, 0.717) is 27.0 Å². The largest absolute Gasteiger partial charge is 0.494 e. The normalized spacial score (nSPS) is 10.3. The highest BCUT2D eigenvalue weighted by atomic mass is 35.5. The molecular formula is C14H9Cl4NO2. The Morgan fingerprint density at radius 2 is 1.57 bits per heavy atom. The number of hydrogen-bond donors (Lipinski definition) is 1. The Morgan fingerprint density at radius 1 is 0.952 bits per heavy atom. The summed E-state index contributed by atoms with van der Waals surface area (Å²) >= 11 is 23.7. The Bertz CT molecular complexity index is 680. The van der Waals surface area contributed by atoms with Crippen LogP contribution in [-0.2, 0) is 0 Å². The average molecular weight is 365 g/mol. The predicted octanol–water partition coefficient (Wildman–Crippen LogP) is 5.56. The van der Waals surface area contributed by atoms with Crippen LogP contribution in [0.25, 0.3) is 0 Å². The van der Waals surface area contributed by atoms with Crippen molar-refractivity contribution in [2.24, 2.45) is 0 Å². The third-order valence-electron chi connectivity index (χ3n) is 2.64. The zero-order valence-electron chi connectivity index (χ0n) is 10.7. The molecule has 0 saturated heterocycles. The zero-order valence-corrected chi connectivity index (χ0v) is 13.7. The summed E-state index contributed by atoms with van der Waals surface area (Å²) < 4.78 is 5.03. The van der Waals surface area contributed by atoms with E-state index < -0.39 is 0 Å². The highest BCUT2D eigenvalue weighted by Crippen LogP contribution is 2.34. The lowest BCUT2D eigenvalue weighted by Gasteiger charge is -2.10. The van der Waals surface area contributed by atoms with E-state index in [-0.39, 0.29) is 16.0 Å². The van der Waals surface area contributed by atoms with Crippen molar-refractivity contribution in [3.63, 3.8) is 0 Å². The zero-order chi connectivity index (χ0) is 15.6.